The Hall–Kier alpha value is -3.09. The number of amides is 1. The number of nitrogens with zero attached hydrogens (tertiary/aromatic N) is 1. The Kier molecular flexibility index (Phi) is 6.20. The number of anilines is 1. The molecule has 1 amide bonds. The SMILES string of the molecule is O=C(CCC1CCc2cc3c(nc2C1)NCCC3)NC[C@@H](C(=O)O)c1ccc2c(c1)OCC2. The van der Waals surface area contributed by atoms with Crippen LogP contribution in [0.4, 0.5) is 5.82 Å². The van der Waals surface area contributed by atoms with Crippen LogP contribution in [0.2, 0.25) is 0 Å². The number of nitrogens with one attached hydrogen (secondary N) is 2. The van der Waals surface area contributed by atoms with Crippen LogP contribution in [0.3, 0.4) is 0 Å². The average Bonchev–Trinajstić information content (AvgIpc) is 3.29. The number of ether oxygens (including phenoxy) is 1. The summed E-state index contributed by atoms with van der Waals surface area (Å²) in [4.78, 5) is 29.2. The lowest BCUT2D eigenvalue weighted by Gasteiger charge is -2.27. The van der Waals surface area contributed by atoms with Crippen LogP contribution in [0.5, 0.6) is 5.75 Å². The Bertz CT molecular complexity index is 1070. The molecular weight excluding hydrogens is 418 g/mol. The van der Waals surface area contributed by atoms with Crippen molar-refractivity contribution >= 4 is 17.7 Å². The summed E-state index contributed by atoms with van der Waals surface area (Å²) in [6, 6.07) is 7.88. The van der Waals surface area contributed by atoms with Gasteiger partial charge in [0.25, 0.3) is 0 Å². The molecule has 0 saturated carbocycles. The molecule has 2 atom stereocenters. The fourth-order valence-corrected chi connectivity index (χ4v) is 5.23. The van der Waals surface area contributed by atoms with Gasteiger partial charge in [0.05, 0.1) is 12.5 Å². The van der Waals surface area contributed by atoms with E-state index in [2.05, 4.69) is 16.7 Å². The summed E-state index contributed by atoms with van der Waals surface area (Å²) in [6.07, 6.45) is 7.31. The molecule has 3 N–H and O–H groups in total. The van der Waals surface area contributed by atoms with Crippen molar-refractivity contribution in [3.05, 3.63) is 52.2 Å². The Balaban J connectivity index is 1.13. The molecule has 3 aliphatic rings. The smallest absolute Gasteiger partial charge is 0.312 e. The number of pyridine rings is 1. The number of fused-ring (bicyclic) bond motifs is 3. The molecule has 1 unspecified atom stereocenters. The van der Waals surface area contributed by atoms with Gasteiger partial charge >= 0.3 is 5.97 Å². The van der Waals surface area contributed by atoms with Crippen LogP contribution in [0.1, 0.15) is 59.5 Å². The molecule has 2 aliphatic heterocycles. The molecule has 0 fully saturated rings. The number of carboxylic acids is 1. The second-order valence-corrected chi connectivity index (χ2v) is 9.44. The zero-order valence-corrected chi connectivity index (χ0v) is 18.9. The number of hydrogen-bond donors (Lipinski definition) is 3. The Morgan fingerprint density at radius 2 is 2.09 bits per heavy atom. The van der Waals surface area contributed by atoms with Gasteiger partial charge in [-0.05, 0) is 72.8 Å². The zero-order valence-electron chi connectivity index (χ0n) is 18.9. The maximum atomic E-state index is 12.5. The minimum atomic E-state index is -0.944. The number of rotatable bonds is 7. The molecule has 7 nitrogen and oxygen atoms in total. The quantitative estimate of drug-likeness (QED) is 0.600. The van der Waals surface area contributed by atoms with E-state index in [1.54, 1.807) is 6.07 Å². The van der Waals surface area contributed by atoms with Crippen molar-refractivity contribution in [1.82, 2.24) is 10.3 Å². The molecule has 1 aliphatic carbocycles. The van der Waals surface area contributed by atoms with Crippen molar-refractivity contribution in [3.63, 3.8) is 0 Å². The van der Waals surface area contributed by atoms with Crippen LogP contribution >= 0.6 is 0 Å². The van der Waals surface area contributed by atoms with Gasteiger partial charge in [0.2, 0.25) is 5.91 Å². The molecule has 1 aromatic heterocycles. The van der Waals surface area contributed by atoms with E-state index in [4.69, 9.17) is 9.72 Å². The van der Waals surface area contributed by atoms with Gasteiger partial charge in [0.15, 0.2) is 0 Å². The lowest BCUT2D eigenvalue weighted by atomic mass is 9.83. The van der Waals surface area contributed by atoms with E-state index in [1.807, 2.05) is 12.1 Å². The van der Waals surface area contributed by atoms with E-state index in [0.717, 1.165) is 68.6 Å². The van der Waals surface area contributed by atoms with Crippen molar-refractivity contribution in [2.24, 2.45) is 5.92 Å². The fourth-order valence-electron chi connectivity index (χ4n) is 5.23. The zero-order chi connectivity index (χ0) is 22.8. The largest absolute Gasteiger partial charge is 0.493 e. The lowest BCUT2D eigenvalue weighted by Crippen LogP contribution is -2.32. The van der Waals surface area contributed by atoms with Crippen molar-refractivity contribution in [2.75, 3.05) is 25.0 Å². The fraction of sp³-hybridized carbons (Fsp3) is 0.500. The number of carbonyl (C=O) groups excluding carboxylic acids is 1. The normalized spacial score (nSPS) is 19.3. The van der Waals surface area contributed by atoms with Gasteiger partial charge in [-0.3, -0.25) is 9.59 Å². The third-order valence-electron chi connectivity index (χ3n) is 7.19. The first kappa shape index (κ1) is 21.7. The third kappa shape index (κ3) is 4.82. The van der Waals surface area contributed by atoms with Gasteiger partial charge in [-0.15, -0.1) is 0 Å². The third-order valence-corrected chi connectivity index (χ3v) is 7.19. The maximum Gasteiger partial charge on any atom is 0.312 e. The Morgan fingerprint density at radius 3 is 2.97 bits per heavy atom. The van der Waals surface area contributed by atoms with Crippen LogP contribution in [0.15, 0.2) is 24.3 Å². The summed E-state index contributed by atoms with van der Waals surface area (Å²) < 4.78 is 5.57. The van der Waals surface area contributed by atoms with E-state index in [0.29, 0.717) is 24.5 Å². The van der Waals surface area contributed by atoms with Crippen molar-refractivity contribution in [2.45, 2.75) is 57.3 Å². The van der Waals surface area contributed by atoms with Crippen LogP contribution < -0.4 is 15.4 Å². The molecular formula is C26H31N3O4. The van der Waals surface area contributed by atoms with Crippen LogP contribution in [-0.2, 0) is 35.3 Å². The van der Waals surface area contributed by atoms with E-state index in [-0.39, 0.29) is 12.5 Å². The monoisotopic (exact) mass is 449 g/mol. The second kappa shape index (κ2) is 9.41. The minimum Gasteiger partial charge on any atom is -0.493 e. The number of hydrogen-bond acceptors (Lipinski definition) is 5. The minimum absolute atomic E-state index is 0.0832. The number of carbonyl (C=O) groups is 2. The van der Waals surface area contributed by atoms with Crippen LogP contribution in [-0.4, -0.2) is 41.7 Å². The van der Waals surface area contributed by atoms with Crippen molar-refractivity contribution in [1.29, 1.82) is 0 Å². The summed E-state index contributed by atoms with van der Waals surface area (Å²) >= 11 is 0. The van der Waals surface area contributed by atoms with Gasteiger partial charge in [0, 0.05) is 31.6 Å². The average molecular weight is 450 g/mol. The number of aliphatic carboxylic acids is 1. The summed E-state index contributed by atoms with van der Waals surface area (Å²) in [5, 5.41) is 15.9. The lowest BCUT2D eigenvalue weighted by molar-refractivity contribution is -0.138. The van der Waals surface area contributed by atoms with E-state index >= 15 is 0 Å². The maximum absolute atomic E-state index is 12.5. The molecule has 174 valence electrons. The number of aryl methyl sites for hydroxylation is 2. The van der Waals surface area contributed by atoms with E-state index in [1.165, 1.54) is 16.8 Å². The highest BCUT2D eigenvalue weighted by molar-refractivity contribution is 5.80. The first-order valence-electron chi connectivity index (χ1n) is 12.1. The first-order chi connectivity index (χ1) is 16.1. The number of benzene rings is 1. The van der Waals surface area contributed by atoms with Crippen molar-refractivity contribution in [3.8, 4) is 5.75 Å². The molecule has 0 radical (unpaired) electrons. The predicted octanol–water partition coefficient (Wildman–Crippen LogP) is 3.24. The standard InChI is InChI=1S/C26H31N3O4/c30-24(28-15-21(26(31)32)18-7-6-17-9-11-33-23(17)14-18)8-4-16-3-5-19-13-20-2-1-10-27-25(20)29-22(19)12-16/h6-7,13-14,16,21H,1-5,8-12,15H2,(H,27,29)(H,28,30)(H,31,32)/t16?,21-/m1/s1. The van der Waals surface area contributed by atoms with Crippen LogP contribution in [0.25, 0.3) is 0 Å². The summed E-state index contributed by atoms with van der Waals surface area (Å²) in [5.41, 5.74) is 5.63. The molecule has 0 saturated heterocycles. The molecule has 5 rings (SSSR count). The Morgan fingerprint density at radius 1 is 1.18 bits per heavy atom. The number of aromatic nitrogens is 1. The highest BCUT2D eigenvalue weighted by Gasteiger charge is 2.25. The predicted molar refractivity (Wildman–Crippen MR) is 125 cm³/mol. The van der Waals surface area contributed by atoms with E-state index < -0.39 is 11.9 Å². The first-order valence-corrected chi connectivity index (χ1v) is 12.1. The topological polar surface area (TPSA) is 101 Å². The highest BCUT2D eigenvalue weighted by atomic mass is 16.5. The molecule has 0 bridgehead atoms. The Labute approximate surface area is 193 Å². The van der Waals surface area contributed by atoms with Gasteiger partial charge in [-0.25, -0.2) is 4.98 Å². The molecule has 7 heteroatoms. The molecule has 1 aromatic carbocycles. The molecule has 0 spiro atoms. The van der Waals surface area contributed by atoms with Crippen LogP contribution in [0, 0.1) is 5.92 Å². The van der Waals surface area contributed by atoms with Gasteiger partial charge in [-0.1, -0.05) is 18.2 Å². The summed E-state index contributed by atoms with van der Waals surface area (Å²) in [7, 11) is 0. The summed E-state index contributed by atoms with van der Waals surface area (Å²) in [5.74, 6) is 0.405. The second-order valence-electron chi connectivity index (χ2n) is 9.44. The van der Waals surface area contributed by atoms with Gasteiger partial charge < -0.3 is 20.5 Å². The van der Waals surface area contributed by atoms with Gasteiger partial charge in [-0.2, -0.15) is 0 Å². The highest BCUT2D eigenvalue weighted by Crippen LogP contribution is 2.32. The van der Waals surface area contributed by atoms with E-state index in [9.17, 15) is 14.7 Å². The van der Waals surface area contributed by atoms with Gasteiger partial charge in [0.1, 0.15) is 11.6 Å². The molecule has 3 heterocycles. The summed E-state index contributed by atoms with van der Waals surface area (Å²) in [6.45, 7) is 1.70. The molecule has 2 aromatic rings. The number of carboxylic acid groups (broad SMARTS) is 1. The van der Waals surface area contributed by atoms with Crippen molar-refractivity contribution < 1.29 is 19.4 Å². The molecule has 33 heavy (non-hydrogen) atoms.